The van der Waals surface area contributed by atoms with E-state index in [-0.39, 0.29) is 12.1 Å². The minimum Gasteiger partial charge on any atom is -0.393 e. The van der Waals surface area contributed by atoms with Crippen LogP contribution in [0.3, 0.4) is 0 Å². The Balaban J connectivity index is 1.76. The predicted molar refractivity (Wildman–Crippen MR) is 85.2 cm³/mol. The minimum atomic E-state index is -0.247. The van der Waals surface area contributed by atoms with Crippen molar-refractivity contribution in [1.29, 1.82) is 0 Å². The van der Waals surface area contributed by atoms with Crippen molar-refractivity contribution in [3.63, 3.8) is 0 Å². The van der Waals surface area contributed by atoms with E-state index in [2.05, 4.69) is 12.2 Å². The van der Waals surface area contributed by atoms with Crippen molar-refractivity contribution in [2.45, 2.75) is 77.4 Å². The molecule has 3 atom stereocenters. The molecular formula is C17H32N2O2. The van der Waals surface area contributed by atoms with Gasteiger partial charge in [-0.1, -0.05) is 26.2 Å². The summed E-state index contributed by atoms with van der Waals surface area (Å²) in [5, 5.41) is 12.9. The lowest BCUT2D eigenvalue weighted by Gasteiger charge is -2.34. The van der Waals surface area contributed by atoms with E-state index in [0.717, 1.165) is 32.4 Å². The summed E-state index contributed by atoms with van der Waals surface area (Å²) in [6.07, 6.45) is 9.04. The molecule has 0 radical (unpaired) electrons. The minimum absolute atomic E-state index is 0.118. The smallest absolute Gasteiger partial charge is 0.317 e. The first kappa shape index (κ1) is 16.6. The molecule has 0 bridgehead atoms. The molecule has 1 saturated heterocycles. The summed E-state index contributed by atoms with van der Waals surface area (Å²) < 4.78 is 0. The molecule has 2 amide bonds. The molecule has 0 spiro atoms. The molecular weight excluding hydrogens is 264 g/mol. The maximum Gasteiger partial charge on any atom is 0.317 e. The molecule has 0 aromatic heterocycles. The van der Waals surface area contributed by atoms with E-state index < -0.39 is 0 Å². The first-order valence-corrected chi connectivity index (χ1v) is 8.85. The average molecular weight is 296 g/mol. The fourth-order valence-electron chi connectivity index (χ4n) is 3.87. The van der Waals surface area contributed by atoms with E-state index >= 15 is 0 Å². The summed E-state index contributed by atoms with van der Waals surface area (Å²) in [5.74, 6) is 1.04. The summed E-state index contributed by atoms with van der Waals surface area (Å²) in [6, 6.07) is 0.506. The highest BCUT2D eigenvalue weighted by Crippen LogP contribution is 2.30. The normalized spacial score (nSPS) is 28.6. The third-order valence-electron chi connectivity index (χ3n) is 5.41. The van der Waals surface area contributed by atoms with Crippen LogP contribution in [-0.2, 0) is 0 Å². The van der Waals surface area contributed by atoms with Crippen molar-refractivity contribution >= 4 is 6.03 Å². The zero-order valence-corrected chi connectivity index (χ0v) is 13.7. The summed E-state index contributed by atoms with van der Waals surface area (Å²) in [7, 11) is 0. The van der Waals surface area contributed by atoms with Crippen LogP contribution in [0.15, 0.2) is 0 Å². The van der Waals surface area contributed by atoms with Crippen LogP contribution in [0.2, 0.25) is 0 Å². The topological polar surface area (TPSA) is 52.6 Å². The number of nitrogens with zero attached hydrogens (tertiary/aromatic N) is 1. The van der Waals surface area contributed by atoms with Crippen LogP contribution in [0.4, 0.5) is 4.79 Å². The molecule has 1 aliphatic carbocycles. The molecule has 122 valence electrons. The number of nitrogens with one attached hydrogen (secondary N) is 1. The second kappa shape index (κ2) is 8.02. The van der Waals surface area contributed by atoms with Gasteiger partial charge in [-0.05, 0) is 50.9 Å². The highest BCUT2D eigenvalue weighted by atomic mass is 16.3. The molecule has 1 heterocycles. The molecule has 2 aliphatic rings. The molecule has 21 heavy (non-hydrogen) atoms. The lowest BCUT2D eigenvalue weighted by Crippen LogP contribution is -2.49. The Morgan fingerprint density at radius 3 is 2.62 bits per heavy atom. The number of aliphatic hydroxyl groups is 1. The number of piperidine rings is 1. The number of hydrogen-bond acceptors (Lipinski definition) is 2. The molecule has 2 N–H and O–H groups in total. The van der Waals surface area contributed by atoms with E-state index in [1.807, 2.05) is 11.8 Å². The van der Waals surface area contributed by atoms with E-state index in [4.69, 9.17) is 0 Å². The van der Waals surface area contributed by atoms with Crippen molar-refractivity contribution in [2.75, 3.05) is 13.1 Å². The van der Waals surface area contributed by atoms with Gasteiger partial charge in [-0.3, -0.25) is 0 Å². The Hall–Kier alpha value is -0.770. The quantitative estimate of drug-likeness (QED) is 0.819. The molecule has 4 nitrogen and oxygen atoms in total. The Bertz CT molecular complexity index is 325. The fraction of sp³-hybridized carbons (Fsp3) is 0.941. The summed E-state index contributed by atoms with van der Waals surface area (Å²) in [5.41, 5.74) is 0. The number of carbonyl (C=O) groups is 1. The van der Waals surface area contributed by atoms with Gasteiger partial charge in [-0.15, -0.1) is 0 Å². The molecule has 3 unspecified atom stereocenters. The summed E-state index contributed by atoms with van der Waals surface area (Å²) in [4.78, 5) is 14.3. The molecule has 2 rings (SSSR count). The van der Waals surface area contributed by atoms with Crippen LogP contribution in [-0.4, -0.2) is 41.3 Å². The lowest BCUT2D eigenvalue weighted by molar-refractivity contribution is 0.0790. The number of likely N-dealkylation sites (tertiary alicyclic amines) is 1. The second-order valence-corrected chi connectivity index (χ2v) is 6.95. The van der Waals surface area contributed by atoms with Crippen LogP contribution in [0.25, 0.3) is 0 Å². The number of aliphatic hydroxyl groups excluding tert-OH is 1. The van der Waals surface area contributed by atoms with E-state index in [0.29, 0.717) is 17.9 Å². The largest absolute Gasteiger partial charge is 0.393 e. The van der Waals surface area contributed by atoms with Gasteiger partial charge in [0.2, 0.25) is 0 Å². The van der Waals surface area contributed by atoms with E-state index in [9.17, 15) is 9.90 Å². The van der Waals surface area contributed by atoms with Crippen LogP contribution in [0.1, 0.15) is 65.2 Å². The van der Waals surface area contributed by atoms with Gasteiger partial charge < -0.3 is 15.3 Å². The van der Waals surface area contributed by atoms with Crippen LogP contribution in [0, 0.1) is 11.8 Å². The molecule has 4 heteroatoms. The van der Waals surface area contributed by atoms with Gasteiger partial charge in [-0.25, -0.2) is 4.79 Å². The molecule has 1 saturated carbocycles. The van der Waals surface area contributed by atoms with Crippen LogP contribution < -0.4 is 5.32 Å². The first-order chi connectivity index (χ1) is 10.1. The highest BCUT2D eigenvalue weighted by molar-refractivity contribution is 5.74. The van der Waals surface area contributed by atoms with E-state index in [1.54, 1.807) is 0 Å². The van der Waals surface area contributed by atoms with Crippen molar-refractivity contribution in [3.05, 3.63) is 0 Å². The maximum absolute atomic E-state index is 12.4. The Morgan fingerprint density at radius 2 is 2.00 bits per heavy atom. The monoisotopic (exact) mass is 296 g/mol. The van der Waals surface area contributed by atoms with Crippen molar-refractivity contribution in [2.24, 2.45) is 11.8 Å². The first-order valence-electron chi connectivity index (χ1n) is 8.85. The van der Waals surface area contributed by atoms with E-state index in [1.165, 1.54) is 32.1 Å². The number of unbranched alkanes of at least 4 members (excludes halogenated alkanes) is 1. The zero-order chi connectivity index (χ0) is 15.2. The predicted octanol–water partition coefficient (Wildman–Crippen LogP) is 3.15. The van der Waals surface area contributed by atoms with Crippen molar-refractivity contribution < 1.29 is 9.90 Å². The number of hydrogen-bond donors (Lipinski definition) is 2. The van der Waals surface area contributed by atoms with Crippen LogP contribution in [0.5, 0.6) is 0 Å². The molecule has 0 aromatic rings. The van der Waals surface area contributed by atoms with Gasteiger partial charge in [0.25, 0.3) is 0 Å². The van der Waals surface area contributed by atoms with Gasteiger partial charge in [-0.2, -0.15) is 0 Å². The van der Waals surface area contributed by atoms with Gasteiger partial charge >= 0.3 is 6.03 Å². The summed E-state index contributed by atoms with van der Waals surface area (Å²) >= 11 is 0. The second-order valence-electron chi connectivity index (χ2n) is 6.95. The van der Waals surface area contributed by atoms with Crippen molar-refractivity contribution in [3.8, 4) is 0 Å². The van der Waals surface area contributed by atoms with Gasteiger partial charge in [0, 0.05) is 19.1 Å². The van der Waals surface area contributed by atoms with Gasteiger partial charge in [0.1, 0.15) is 0 Å². The lowest BCUT2D eigenvalue weighted by atomic mass is 9.92. The SMILES string of the molecule is CCCCC1CCCC1NC(=O)N1CCC(C(C)O)CC1. The Labute approximate surface area is 129 Å². The van der Waals surface area contributed by atoms with Crippen LogP contribution >= 0.6 is 0 Å². The number of carbonyl (C=O) groups excluding carboxylic acids is 1. The number of rotatable bonds is 5. The Kier molecular flexibility index (Phi) is 6.34. The molecule has 2 fully saturated rings. The zero-order valence-electron chi connectivity index (χ0n) is 13.7. The maximum atomic E-state index is 12.4. The standard InChI is InChI=1S/C17H32N2O2/c1-3-4-6-15-7-5-8-16(15)18-17(21)19-11-9-14(10-12-19)13(2)20/h13-16,20H,3-12H2,1-2H3,(H,18,21). The number of urea groups is 1. The van der Waals surface area contributed by atoms with Crippen molar-refractivity contribution in [1.82, 2.24) is 10.2 Å². The highest BCUT2D eigenvalue weighted by Gasteiger charge is 2.31. The fourth-order valence-corrected chi connectivity index (χ4v) is 3.87. The summed E-state index contributed by atoms with van der Waals surface area (Å²) in [6.45, 7) is 5.66. The van der Waals surface area contributed by atoms with Gasteiger partial charge in [0.05, 0.1) is 6.10 Å². The third-order valence-corrected chi connectivity index (χ3v) is 5.41. The van der Waals surface area contributed by atoms with Gasteiger partial charge in [0.15, 0.2) is 0 Å². The molecule has 1 aliphatic heterocycles. The molecule has 0 aromatic carbocycles. The number of amides is 2. The average Bonchev–Trinajstić information content (AvgIpc) is 2.92. The Morgan fingerprint density at radius 1 is 1.29 bits per heavy atom. The third kappa shape index (κ3) is 4.60.